The molecule has 0 bridgehead atoms. The summed E-state index contributed by atoms with van der Waals surface area (Å²) in [5, 5.41) is 2.91. The van der Waals surface area contributed by atoms with E-state index in [1.807, 2.05) is 0 Å². The van der Waals surface area contributed by atoms with Gasteiger partial charge in [-0.3, -0.25) is 0 Å². The Kier molecular flexibility index (Phi) is 5.16. The highest BCUT2D eigenvalue weighted by Gasteiger charge is 1.94. The Morgan fingerprint density at radius 3 is 2.67 bits per heavy atom. The van der Waals surface area contributed by atoms with Crippen LogP contribution in [0.2, 0.25) is 5.28 Å². The third-order valence-electron chi connectivity index (χ3n) is 2.16. The molecule has 66 valence electrons. The van der Waals surface area contributed by atoms with E-state index in [0.29, 0.717) is 0 Å². The Morgan fingerprint density at radius 2 is 2.00 bits per heavy atom. The Hall–Kier alpha value is -0.248. The van der Waals surface area contributed by atoms with E-state index in [0.717, 1.165) is 0 Å². The zero-order valence-corrected chi connectivity index (χ0v) is 9.34. The lowest BCUT2D eigenvalue weighted by Gasteiger charge is -1.97. The first kappa shape index (κ1) is 9.84. The van der Waals surface area contributed by atoms with Gasteiger partial charge in [0.25, 0.3) is 0 Å². The lowest BCUT2D eigenvalue weighted by Crippen LogP contribution is -1.95. The van der Waals surface area contributed by atoms with Gasteiger partial charge in [-0.25, -0.2) is 0 Å². The molecule has 1 aromatic rings. The zero-order valence-electron chi connectivity index (χ0n) is 7.92. The van der Waals surface area contributed by atoms with Crippen LogP contribution < -0.4 is 0 Å². The first-order valence-corrected chi connectivity index (χ1v) is 6.97. The third-order valence-corrected chi connectivity index (χ3v) is 4.09. The van der Waals surface area contributed by atoms with Crippen molar-refractivity contribution in [2.24, 2.45) is 0 Å². The molecule has 0 aliphatic carbocycles. The molecule has 0 radical (unpaired) electrons. The summed E-state index contributed by atoms with van der Waals surface area (Å²) in [5.74, 6) is 0. The highest BCUT2D eigenvalue weighted by Crippen LogP contribution is 2.01. The van der Waals surface area contributed by atoms with E-state index in [1.54, 1.807) is 5.56 Å². The van der Waals surface area contributed by atoms with Gasteiger partial charge in [0, 0.05) is 1.43 Å². The molecule has 0 unspecified atom stereocenters. The van der Waals surface area contributed by atoms with Gasteiger partial charge in [-0.05, 0) is 0 Å². The molecule has 0 nitrogen and oxygen atoms in total. The molecule has 0 saturated heterocycles. The topological polar surface area (TPSA) is 0 Å². The fourth-order valence-corrected chi connectivity index (χ4v) is 3.25. The zero-order chi connectivity index (χ0) is 8.65. The van der Waals surface area contributed by atoms with Gasteiger partial charge < -0.3 is 0 Å². The quantitative estimate of drug-likeness (QED) is 0.480. The van der Waals surface area contributed by atoms with Gasteiger partial charge in [-0.15, -0.1) is 0 Å². The van der Waals surface area contributed by atoms with Gasteiger partial charge in [-0.1, -0.05) is 66.2 Å². The minimum atomic E-state index is 0. The van der Waals surface area contributed by atoms with Gasteiger partial charge in [0.2, 0.25) is 15.2 Å². The average molecular weight is 178 g/mol. The summed E-state index contributed by atoms with van der Waals surface area (Å²) in [6.45, 7) is 2.27. The van der Waals surface area contributed by atoms with Crippen LogP contribution in [0.4, 0.5) is 0 Å². The van der Waals surface area contributed by atoms with Crippen molar-refractivity contribution >= 4 is 15.2 Å². The summed E-state index contributed by atoms with van der Waals surface area (Å²) in [5.41, 5.74) is 1.54. The monoisotopic (exact) mass is 178 g/mol. The van der Waals surface area contributed by atoms with Crippen LogP contribution in [0, 0.1) is 0 Å². The summed E-state index contributed by atoms with van der Waals surface area (Å²) in [6.07, 6.45) is 2.81. The molecular formula is C11H19Al. The maximum Gasteiger partial charge on any atom is 0.242 e. The number of benzene rings is 1. The summed E-state index contributed by atoms with van der Waals surface area (Å²) < 4.78 is 0. The van der Waals surface area contributed by atoms with Gasteiger partial charge in [0.1, 0.15) is 0 Å². The second-order valence-electron chi connectivity index (χ2n) is 3.30. The molecule has 1 heteroatoms. The maximum absolute atomic E-state index is 2.27. The minimum Gasteiger partial charge on any atom is -0.0969 e. The molecule has 0 aliphatic rings. The standard InChI is InChI=1S/C7H7.C4H9.Al.H2.H/c1-7-5-3-2-4-6-7;1-3-4-2;;;/h2-6H,1H2;1,3-4H2,2H3;;1H;. The molecule has 0 amide bonds. The maximum atomic E-state index is 2.27. The summed E-state index contributed by atoms with van der Waals surface area (Å²) in [7, 11) is 0. The van der Waals surface area contributed by atoms with E-state index >= 15 is 0 Å². The number of unbranched alkanes of at least 4 members (excludes halogenated alkanes) is 1. The number of hydrogen-bond donors (Lipinski definition) is 0. The summed E-state index contributed by atoms with van der Waals surface area (Å²) in [6, 6.07) is 10.9. The normalized spacial score (nSPS) is 9.75. The molecule has 0 atom stereocenters. The largest absolute Gasteiger partial charge is 0.242 e. The molecule has 0 heterocycles. The van der Waals surface area contributed by atoms with Crippen molar-refractivity contribution in [1.29, 1.82) is 0 Å². The van der Waals surface area contributed by atoms with E-state index in [-0.39, 0.29) is 16.6 Å². The van der Waals surface area contributed by atoms with Crippen molar-refractivity contribution in [3.63, 3.8) is 0 Å². The van der Waals surface area contributed by atoms with Crippen molar-refractivity contribution in [3.05, 3.63) is 35.9 Å². The van der Waals surface area contributed by atoms with Crippen molar-refractivity contribution in [2.45, 2.75) is 30.3 Å². The molecule has 0 saturated carbocycles. The van der Waals surface area contributed by atoms with Crippen LogP contribution in [-0.4, -0.2) is 15.2 Å². The lowest BCUT2D eigenvalue weighted by atomic mass is 10.2. The van der Waals surface area contributed by atoms with Crippen molar-refractivity contribution in [1.82, 2.24) is 0 Å². The van der Waals surface area contributed by atoms with Gasteiger partial charge in [0.15, 0.2) is 0 Å². The van der Waals surface area contributed by atoms with E-state index in [1.165, 1.54) is 23.4 Å². The van der Waals surface area contributed by atoms with Gasteiger partial charge >= 0.3 is 0 Å². The van der Waals surface area contributed by atoms with Crippen molar-refractivity contribution in [3.8, 4) is 0 Å². The van der Waals surface area contributed by atoms with E-state index in [2.05, 4.69) is 37.3 Å². The van der Waals surface area contributed by atoms with Crippen molar-refractivity contribution < 1.29 is 1.43 Å². The first-order valence-electron chi connectivity index (χ1n) is 4.97. The predicted molar refractivity (Wildman–Crippen MR) is 59.1 cm³/mol. The fraction of sp³-hybridized carbons (Fsp3) is 0.455. The van der Waals surface area contributed by atoms with E-state index < -0.39 is 0 Å². The van der Waals surface area contributed by atoms with Crippen LogP contribution in [0.1, 0.15) is 26.8 Å². The van der Waals surface area contributed by atoms with Gasteiger partial charge in [0.05, 0.1) is 0 Å². The molecule has 0 aliphatic heterocycles. The average Bonchev–Trinajstić information content (AvgIpc) is 2.14. The van der Waals surface area contributed by atoms with Crippen LogP contribution in [0.15, 0.2) is 30.3 Å². The van der Waals surface area contributed by atoms with Crippen LogP contribution in [-0.2, 0) is 5.28 Å². The highest BCUT2D eigenvalue weighted by molar-refractivity contribution is 6.34. The third kappa shape index (κ3) is 3.95. The van der Waals surface area contributed by atoms with Crippen LogP contribution in [0.5, 0.6) is 0 Å². The smallest absolute Gasteiger partial charge is 0.0969 e. The lowest BCUT2D eigenvalue weighted by molar-refractivity contribution is 0.877. The van der Waals surface area contributed by atoms with Crippen LogP contribution >= 0.6 is 0 Å². The van der Waals surface area contributed by atoms with E-state index in [9.17, 15) is 0 Å². The molecule has 0 fully saturated rings. The molecule has 1 rings (SSSR count). The SMILES string of the molecule is CCC[CH2][AlH][CH2]c1ccccc1.[HH]. The van der Waals surface area contributed by atoms with E-state index in [4.69, 9.17) is 0 Å². The molecule has 0 aromatic heterocycles. The second kappa shape index (κ2) is 6.29. The first-order chi connectivity index (χ1) is 5.93. The summed E-state index contributed by atoms with van der Waals surface area (Å²) in [4.78, 5) is 0. The molecule has 0 N–H and O–H groups in total. The Morgan fingerprint density at radius 1 is 1.25 bits per heavy atom. The Labute approximate surface area is 83.2 Å². The summed E-state index contributed by atoms with van der Waals surface area (Å²) >= 11 is 0.202. The van der Waals surface area contributed by atoms with Crippen LogP contribution in [0.3, 0.4) is 0 Å². The minimum absolute atomic E-state index is 0. The van der Waals surface area contributed by atoms with Crippen LogP contribution in [0.25, 0.3) is 0 Å². The Bertz CT molecular complexity index is 199. The Balaban J connectivity index is 0.00000144. The highest BCUT2D eigenvalue weighted by atomic mass is 27.1. The molecule has 12 heavy (non-hydrogen) atoms. The molecule has 1 aromatic carbocycles. The fourth-order valence-electron chi connectivity index (χ4n) is 1.40. The molecule has 0 spiro atoms. The number of hydrogen-bond acceptors (Lipinski definition) is 0. The molecular weight excluding hydrogens is 159 g/mol. The van der Waals surface area contributed by atoms with Crippen molar-refractivity contribution in [2.75, 3.05) is 0 Å². The second-order valence-corrected chi connectivity index (χ2v) is 5.21. The van der Waals surface area contributed by atoms with Gasteiger partial charge in [-0.2, -0.15) is 0 Å². The number of rotatable bonds is 5. The predicted octanol–water partition coefficient (Wildman–Crippen LogP) is 3.09.